The van der Waals surface area contributed by atoms with E-state index in [-0.39, 0.29) is 25.4 Å². The topological polar surface area (TPSA) is 156 Å². The summed E-state index contributed by atoms with van der Waals surface area (Å²) in [7, 11) is 7.80. The maximum absolute atomic E-state index is 10.6. The number of carboxylic acid groups (broad SMARTS) is 2. The van der Waals surface area contributed by atoms with Gasteiger partial charge in [-0.15, -0.1) is 0 Å². The van der Waals surface area contributed by atoms with Crippen LogP contribution >= 0.6 is 0 Å². The van der Waals surface area contributed by atoms with Crippen LogP contribution in [0.15, 0.2) is 0 Å². The first-order valence-electron chi connectivity index (χ1n) is 9.20. The van der Waals surface area contributed by atoms with Crippen LogP contribution in [-0.2, 0) is 28.8 Å². The highest BCUT2D eigenvalue weighted by atomic mass is 16.4. The Hall–Kier alpha value is -2.46. The van der Waals surface area contributed by atoms with Crippen molar-refractivity contribution in [3.63, 3.8) is 0 Å². The standard InChI is InChI=1S/C16H34N4O4.2CO2/c1-17(7-5-9-19(3)13-15(21)22)11-12-18(2)8-6-10-20(4)14-16(23)24;2*2-1-3/h5-14H2,1-4H3,(H,21,22)(H,23,24);;. The average Bonchev–Trinajstić information content (AvgIpc) is 2.60. The second-order valence-electron chi connectivity index (χ2n) is 6.74. The first kappa shape index (κ1) is 32.2. The quantitative estimate of drug-likeness (QED) is 0.308. The molecule has 2 N–H and O–H groups in total. The van der Waals surface area contributed by atoms with Gasteiger partial charge >= 0.3 is 24.2 Å². The van der Waals surface area contributed by atoms with Gasteiger partial charge in [0.05, 0.1) is 13.1 Å². The number of likely N-dealkylation sites (N-methyl/N-ethyl adjacent to an activating group) is 4. The SMILES string of the molecule is CN(CCCN(C)CC(=O)O)CCN(C)CCCN(C)CC(=O)O.O=C=O.O=C=O. The highest BCUT2D eigenvalue weighted by Crippen LogP contribution is 1.95. The van der Waals surface area contributed by atoms with E-state index in [2.05, 4.69) is 23.9 Å². The Kier molecular flexibility index (Phi) is 24.5. The molecular weight excluding hydrogens is 400 g/mol. The molecule has 12 nitrogen and oxygen atoms in total. The Morgan fingerprint density at radius 1 is 0.567 bits per heavy atom. The summed E-state index contributed by atoms with van der Waals surface area (Å²) >= 11 is 0. The predicted octanol–water partition coefficient (Wildman–Crippen LogP) is -1.50. The summed E-state index contributed by atoms with van der Waals surface area (Å²) in [5, 5.41) is 17.4. The fourth-order valence-electron chi connectivity index (χ4n) is 2.41. The van der Waals surface area contributed by atoms with Crippen LogP contribution in [0, 0.1) is 0 Å². The zero-order valence-corrected chi connectivity index (χ0v) is 18.2. The molecule has 0 atom stereocenters. The third-order valence-corrected chi connectivity index (χ3v) is 3.83. The lowest BCUT2D eigenvalue weighted by Gasteiger charge is -2.23. The molecule has 12 heteroatoms. The van der Waals surface area contributed by atoms with Crippen LogP contribution in [0.4, 0.5) is 0 Å². The summed E-state index contributed by atoms with van der Waals surface area (Å²) < 4.78 is 0. The molecule has 0 unspecified atom stereocenters. The lowest BCUT2D eigenvalue weighted by atomic mass is 10.3. The van der Waals surface area contributed by atoms with Crippen molar-refractivity contribution in [2.75, 3.05) is 80.5 Å². The summed E-state index contributed by atoms with van der Waals surface area (Å²) in [4.78, 5) is 61.8. The molecule has 0 aromatic heterocycles. The Bertz CT molecular complexity index is 474. The van der Waals surface area contributed by atoms with E-state index in [4.69, 9.17) is 29.4 Å². The minimum Gasteiger partial charge on any atom is -0.480 e. The maximum atomic E-state index is 10.6. The summed E-state index contributed by atoms with van der Waals surface area (Å²) in [6, 6.07) is 0. The van der Waals surface area contributed by atoms with Gasteiger partial charge in [0.1, 0.15) is 0 Å². The molecule has 174 valence electrons. The van der Waals surface area contributed by atoms with Crippen molar-refractivity contribution >= 4 is 24.2 Å². The van der Waals surface area contributed by atoms with Crippen LogP contribution in [0.1, 0.15) is 12.8 Å². The van der Waals surface area contributed by atoms with Crippen molar-refractivity contribution in [2.24, 2.45) is 0 Å². The fourth-order valence-corrected chi connectivity index (χ4v) is 2.41. The van der Waals surface area contributed by atoms with Crippen LogP contribution in [0.5, 0.6) is 0 Å². The zero-order valence-electron chi connectivity index (χ0n) is 18.2. The molecule has 0 radical (unpaired) electrons. The Morgan fingerprint density at radius 2 is 0.800 bits per heavy atom. The Labute approximate surface area is 177 Å². The largest absolute Gasteiger partial charge is 0.480 e. The third-order valence-electron chi connectivity index (χ3n) is 3.83. The number of hydrogen-bond donors (Lipinski definition) is 2. The molecule has 0 aliphatic heterocycles. The zero-order chi connectivity index (χ0) is 23.9. The van der Waals surface area contributed by atoms with Gasteiger partial charge in [0.15, 0.2) is 0 Å². The molecule has 0 rings (SSSR count). The minimum atomic E-state index is -0.790. The van der Waals surface area contributed by atoms with Crippen molar-refractivity contribution in [1.29, 1.82) is 0 Å². The van der Waals surface area contributed by atoms with E-state index in [1.54, 1.807) is 0 Å². The normalized spacial score (nSPS) is 10.0. The van der Waals surface area contributed by atoms with Crippen LogP contribution in [0.3, 0.4) is 0 Å². The van der Waals surface area contributed by atoms with Crippen molar-refractivity contribution < 1.29 is 39.0 Å². The summed E-state index contributed by atoms with van der Waals surface area (Å²) in [6.45, 7) is 5.54. The first-order chi connectivity index (χ1) is 14.0. The van der Waals surface area contributed by atoms with E-state index in [0.29, 0.717) is 0 Å². The van der Waals surface area contributed by atoms with E-state index < -0.39 is 11.9 Å². The molecule has 0 spiro atoms. The van der Waals surface area contributed by atoms with Crippen molar-refractivity contribution in [1.82, 2.24) is 19.6 Å². The number of nitrogens with zero attached hydrogens (tertiary/aromatic N) is 4. The van der Waals surface area contributed by atoms with Crippen molar-refractivity contribution in [3.05, 3.63) is 0 Å². The average molecular weight is 434 g/mol. The van der Waals surface area contributed by atoms with Crippen molar-refractivity contribution in [3.8, 4) is 0 Å². The molecule has 0 aliphatic rings. The van der Waals surface area contributed by atoms with E-state index in [0.717, 1.165) is 52.1 Å². The number of carbonyl (C=O) groups is 2. The van der Waals surface area contributed by atoms with Crippen LogP contribution < -0.4 is 0 Å². The molecule has 30 heavy (non-hydrogen) atoms. The minimum absolute atomic E-state index is 0.0861. The van der Waals surface area contributed by atoms with Crippen molar-refractivity contribution in [2.45, 2.75) is 12.8 Å². The molecule has 0 aromatic carbocycles. The molecule has 0 fully saturated rings. The summed E-state index contributed by atoms with van der Waals surface area (Å²) in [5.41, 5.74) is 0. The van der Waals surface area contributed by atoms with Gasteiger partial charge in [-0.3, -0.25) is 19.4 Å². The van der Waals surface area contributed by atoms with Gasteiger partial charge in [0.25, 0.3) is 0 Å². The first-order valence-corrected chi connectivity index (χ1v) is 9.20. The number of carboxylic acids is 2. The second-order valence-corrected chi connectivity index (χ2v) is 6.74. The van der Waals surface area contributed by atoms with E-state index >= 15 is 0 Å². The Morgan fingerprint density at radius 3 is 1.03 bits per heavy atom. The van der Waals surface area contributed by atoms with Gasteiger partial charge < -0.3 is 20.0 Å². The lowest BCUT2D eigenvalue weighted by molar-refractivity contribution is -0.193. The number of carbonyl (C=O) groups excluding carboxylic acids is 4. The fraction of sp³-hybridized carbons (Fsp3) is 0.778. The lowest BCUT2D eigenvalue weighted by Crippen LogP contribution is -2.35. The highest BCUT2D eigenvalue weighted by Gasteiger charge is 2.07. The molecular formula is C18H34N4O8. The molecule has 0 bridgehead atoms. The van der Waals surface area contributed by atoms with Crippen LogP contribution in [-0.4, -0.2) is 135 Å². The molecule has 0 saturated carbocycles. The number of hydrogen-bond acceptors (Lipinski definition) is 10. The number of rotatable bonds is 15. The highest BCUT2D eigenvalue weighted by molar-refractivity contribution is 5.69. The third kappa shape index (κ3) is 30.3. The van der Waals surface area contributed by atoms with Crippen LogP contribution in [0.25, 0.3) is 0 Å². The molecule has 0 aliphatic carbocycles. The van der Waals surface area contributed by atoms with Gasteiger partial charge in [-0.1, -0.05) is 0 Å². The molecule has 0 aromatic rings. The monoisotopic (exact) mass is 434 g/mol. The Balaban J connectivity index is -0.00000107. The van der Waals surface area contributed by atoms with E-state index in [1.165, 1.54) is 0 Å². The second kappa shape index (κ2) is 22.8. The smallest absolute Gasteiger partial charge is 0.373 e. The van der Waals surface area contributed by atoms with Gasteiger partial charge in [0, 0.05) is 13.1 Å². The molecule has 0 saturated heterocycles. The van der Waals surface area contributed by atoms with Gasteiger partial charge in [-0.05, 0) is 67.2 Å². The van der Waals surface area contributed by atoms with Crippen LogP contribution in [0.2, 0.25) is 0 Å². The van der Waals surface area contributed by atoms with Gasteiger partial charge in [0.2, 0.25) is 0 Å². The molecule has 0 heterocycles. The van der Waals surface area contributed by atoms with E-state index in [9.17, 15) is 9.59 Å². The summed E-state index contributed by atoms with van der Waals surface area (Å²) in [6.07, 6.45) is 2.40. The molecule has 0 amide bonds. The van der Waals surface area contributed by atoms with Gasteiger partial charge in [-0.25, -0.2) is 0 Å². The maximum Gasteiger partial charge on any atom is 0.373 e. The van der Waals surface area contributed by atoms with E-state index in [1.807, 2.05) is 23.9 Å². The summed E-state index contributed by atoms with van der Waals surface area (Å²) in [5.74, 6) is -1.58. The number of aliphatic carboxylic acids is 2. The predicted molar refractivity (Wildman–Crippen MR) is 105 cm³/mol. The van der Waals surface area contributed by atoms with Gasteiger partial charge in [-0.2, -0.15) is 19.2 Å².